The van der Waals surface area contributed by atoms with Crippen molar-refractivity contribution in [2.45, 2.75) is 13.5 Å². The molecule has 35 heavy (non-hydrogen) atoms. The van der Waals surface area contributed by atoms with Gasteiger partial charge in [0, 0.05) is 9.26 Å². The minimum atomic E-state index is -0.236. The zero-order chi connectivity index (χ0) is 24.5. The van der Waals surface area contributed by atoms with E-state index in [4.69, 9.17) is 9.47 Å². The zero-order valence-electron chi connectivity index (χ0n) is 19.3. The number of carbonyl (C=O) groups is 1. The third-order valence-corrected chi connectivity index (χ3v) is 5.95. The molecule has 0 aliphatic carbocycles. The Morgan fingerprint density at radius 3 is 2.57 bits per heavy atom. The van der Waals surface area contributed by atoms with Crippen molar-refractivity contribution >= 4 is 51.2 Å². The lowest BCUT2D eigenvalue weighted by molar-refractivity contribution is -0.119. The smallest absolute Gasteiger partial charge is 0.259 e. The maximum Gasteiger partial charge on any atom is 0.259 e. The molecule has 0 radical (unpaired) electrons. The van der Waals surface area contributed by atoms with Crippen molar-refractivity contribution < 1.29 is 14.3 Å². The summed E-state index contributed by atoms with van der Waals surface area (Å²) in [7, 11) is 0. The van der Waals surface area contributed by atoms with Crippen LogP contribution in [0.1, 0.15) is 18.1 Å². The van der Waals surface area contributed by atoms with Crippen LogP contribution in [0.25, 0.3) is 10.8 Å². The molecule has 0 unspecified atom stereocenters. The Hall–Kier alpha value is -3.59. The maximum atomic E-state index is 12.1. The first-order chi connectivity index (χ1) is 17.1. The largest absolute Gasteiger partial charge is 0.490 e. The summed E-state index contributed by atoms with van der Waals surface area (Å²) < 4.78 is 13.0. The van der Waals surface area contributed by atoms with Crippen molar-refractivity contribution in [1.82, 2.24) is 5.43 Å². The van der Waals surface area contributed by atoms with Gasteiger partial charge in [0.15, 0.2) is 11.5 Å². The van der Waals surface area contributed by atoms with Crippen molar-refractivity contribution in [2.24, 2.45) is 5.10 Å². The number of halogens is 1. The second-order valence-electron chi connectivity index (χ2n) is 7.72. The summed E-state index contributed by atoms with van der Waals surface area (Å²) in [5, 5.41) is 9.48. The Kier molecular flexibility index (Phi) is 8.56. The van der Waals surface area contributed by atoms with Gasteiger partial charge in [-0.05, 0) is 93.9 Å². The van der Waals surface area contributed by atoms with Crippen LogP contribution in [0.3, 0.4) is 0 Å². The van der Waals surface area contributed by atoms with Gasteiger partial charge in [-0.1, -0.05) is 42.5 Å². The zero-order valence-corrected chi connectivity index (χ0v) is 21.5. The summed E-state index contributed by atoms with van der Waals surface area (Å²) in [5.41, 5.74) is 5.31. The predicted octanol–water partition coefficient (Wildman–Crippen LogP) is 5.98. The second-order valence-corrected chi connectivity index (χ2v) is 8.97. The van der Waals surface area contributed by atoms with Crippen LogP contribution in [0, 0.1) is 3.57 Å². The number of fused-ring (bicyclic) bond motifs is 1. The number of carbonyl (C=O) groups excluding carboxylic acids is 1. The van der Waals surface area contributed by atoms with Gasteiger partial charge in [-0.2, -0.15) is 5.10 Å². The van der Waals surface area contributed by atoms with Crippen molar-refractivity contribution in [1.29, 1.82) is 0 Å². The van der Waals surface area contributed by atoms with Gasteiger partial charge in [0.1, 0.15) is 6.61 Å². The maximum absolute atomic E-state index is 12.1. The summed E-state index contributed by atoms with van der Waals surface area (Å²) in [5.74, 6) is 1.05. The first-order valence-electron chi connectivity index (χ1n) is 11.3. The normalized spacial score (nSPS) is 10.9. The highest BCUT2D eigenvalue weighted by Gasteiger charge is 2.08. The van der Waals surface area contributed by atoms with Crippen molar-refractivity contribution in [3.63, 3.8) is 0 Å². The van der Waals surface area contributed by atoms with E-state index in [2.05, 4.69) is 62.7 Å². The first kappa shape index (κ1) is 24.5. The van der Waals surface area contributed by atoms with Crippen LogP contribution in [-0.2, 0) is 11.4 Å². The monoisotopic (exact) mass is 579 g/mol. The third kappa shape index (κ3) is 6.95. The summed E-state index contributed by atoms with van der Waals surface area (Å²) in [6, 6.07) is 27.8. The van der Waals surface area contributed by atoms with Crippen LogP contribution < -0.4 is 20.2 Å². The molecule has 4 rings (SSSR count). The first-order valence-corrected chi connectivity index (χ1v) is 12.4. The molecule has 0 saturated carbocycles. The summed E-state index contributed by atoms with van der Waals surface area (Å²) >= 11 is 2.24. The van der Waals surface area contributed by atoms with Gasteiger partial charge in [0.2, 0.25) is 0 Å². The van der Waals surface area contributed by atoms with Gasteiger partial charge in [-0.15, -0.1) is 0 Å². The van der Waals surface area contributed by atoms with Crippen LogP contribution in [0.4, 0.5) is 5.69 Å². The molecule has 0 heterocycles. The Morgan fingerprint density at radius 2 is 1.74 bits per heavy atom. The topological polar surface area (TPSA) is 72.0 Å². The van der Waals surface area contributed by atoms with Gasteiger partial charge < -0.3 is 14.8 Å². The van der Waals surface area contributed by atoms with Gasteiger partial charge in [-0.3, -0.25) is 4.79 Å². The van der Waals surface area contributed by atoms with Crippen LogP contribution in [0.5, 0.6) is 11.5 Å². The number of benzene rings is 4. The van der Waals surface area contributed by atoms with E-state index in [1.807, 2.05) is 67.6 Å². The number of hydrogen-bond donors (Lipinski definition) is 2. The standard InChI is InChI=1S/C28H26IN3O3/c1-2-34-27-16-20(17-31-32-28(33)18-30-24-13-11-23(29)12-14-24)10-15-26(27)35-19-22-8-5-7-21-6-3-4-9-25(21)22/h3-17,30H,2,18-19H2,1H3,(H,32,33)/b31-17-. The number of amides is 1. The van der Waals surface area contributed by atoms with E-state index in [0.717, 1.165) is 20.4 Å². The lowest BCUT2D eigenvalue weighted by Gasteiger charge is -2.13. The average molecular weight is 579 g/mol. The molecule has 0 spiro atoms. The molecule has 4 aromatic carbocycles. The molecule has 2 N–H and O–H groups in total. The highest BCUT2D eigenvalue weighted by molar-refractivity contribution is 14.1. The van der Waals surface area contributed by atoms with E-state index in [1.165, 1.54) is 10.8 Å². The number of ether oxygens (including phenoxy) is 2. The number of nitrogens with one attached hydrogen (secondary N) is 2. The predicted molar refractivity (Wildman–Crippen MR) is 149 cm³/mol. The fraction of sp³-hybridized carbons (Fsp3) is 0.143. The molecule has 0 aliphatic heterocycles. The lowest BCUT2D eigenvalue weighted by Crippen LogP contribution is -2.25. The third-order valence-electron chi connectivity index (χ3n) is 5.23. The SMILES string of the molecule is CCOc1cc(/C=N\NC(=O)CNc2ccc(I)cc2)ccc1OCc1cccc2ccccc12. The number of hydrogen-bond acceptors (Lipinski definition) is 5. The minimum absolute atomic E-state index is 0.128. The number of nitrogens with zero attached hydrogens (tertiary/aromatic N) is 1. The highest BCUT2D eigenvalue weighted by atomic mass is 127. The molecule has 178 valence electrons. The van der Waals surface area contributed by atoms with Gasteiger partial charge >= 0.3 is 0 Å². The van der Waals surface area contributed by atoms with E-state index in [0.29, 0.717) is 24.7 Å². The van der Waals surface area contributed by atoms with Gasteiger partial charge in [-0.25, -0.2) is 5.43 Å². The number of anilines is 1. The van der Waals surface area contributed by atoms with Crippen LogP contribution >= 0.6 is 22.6 Å². The molecule has 0 bridgehead atoms. The molecular weight excluding hydrogens is 553 g/mol. The van der Waals surface area contributed by atoms with E-state index in [-0.39, 0.29) is 12.5 Å². The van der Waals surface area contributed by atoms with Crippen molar-refractivity contribution in [2.75, 3.05) is 18.5 Å². The molecule has 0 atom stereocenters. The van der Waals surface area contributed by atoms with E-state index < -0.39 is 0 Å². The minimum Gasteiger partial charge on any atom is -0.490 e. The van der Waals surface area contributed by atoms with Gasteiger partial charge in [0.05, 0.1) is 19.4 Å². The molecule has 0 aliphatic rings. The molecule has 0 fully saturated rings. The fourth-order valence-electron chi connectivity index (χ4n) is 3.53. The van der Waals surface area contributed by atoms with E-state index in [9.17, 15) is 4.79 Å². The summed E-state index contributed by atoms with van der Waals surface area (Å²) in [4.78, 5) is 12.1. The second kappa shape index (κ2) is 12.2. The molecule has 1 amide bonds. The molecular formula is C28H26IN3O3. The highest BCUT2D eigenvalue weighted by Crippen LogP contribution is 2.30. The van der Waals surface area contributed by atoms with Gasteiger partial charge in [0.25, 0.3) is 5.91 Å². The van der Waals surface area contributed by atoms with Crippen LogP contribution in [-0.4, -0.2) is 25.3 Å². The molecule has 6 nitrogen and oxygen atoms in total. The van der Waals surface area contributed by atoms with Crippen LogP contribution in [0.2, 0.25) is 0 Å². The molecule has 7 heteroatoms. The average Bonchev–Trinajstić information content (AvgIpc) is 2.88. The molecule has 0 saturated heterocycles. The Balaban J connectivity index is 1.36. The van der Waals surface area contributed by atoms with Crippen molar-refractivity contribution in [3.05, 3.63) is 99.6 Å². The molecule has 0 aromatic heterocycles. The van der Waals surface area contributed by atoms with Crippen LogP contribution in [0.15, 0.2) is 90.0 Å². The fourth-order valence-corrected chi connectivity index (χ4v) is 3.89. The Bertz CT molecular complexity index is 1320. The summed E-state index contributed by atoms with van der Waals surface area (Å²) in [6.07, 6.45) is 1.58. The Labute approximate surface area is 218 Å². The summed E-state index contributed by atoms with van der Waals surface area (Å²) in [6.45, 7) is 2.99. The van der Waals surface area contributed by atoms with Crippen molar-refractivity contribution in [3.8, 4) is 11.5 Å². The van der Waals surface area contributed by atoms with E-state index >= 15 is 0 Å². The lowest BCUT2D eigenvalue weighted by atomic mass is 10.1. The Morgan fingerprint density at radius 1 is 0.943 bits per heavy atom. The van der Waals surface area contributed by atoms with E-state index in [1.54, 1.807) is 6.21 Å². The number of rotatable bonds is 10. The molecule has 4 aromatic rings. The number of hydrazone groups is 1. The quantitative estimate of drug-likeness (QED) is 0.138.